The van der Waals surface area contributed by atoms with E-state index < -0.39 is 11.8 Å². The average molecular weight is 555 g/mol. The molecule has 0 saturated carbocycles. The summed E-state index contributed by atoms with van der Waals surface area (Å²) >= 11 is 9.68. The molecule has 1 aliphatic rings. The minimum Gasteiger partial charge on any atom is -0.497 e. The molecule has 0 radical (unpaired) electrons. The summed E-state index contributed by atoms with van der Waals surface area (Å²) in [6, 6.07) is 17.1. The van der Waals surface area contributed by atoms with Crippen LogP contribution in [0.5, 0.6) is 5.75 Å². The van der Waals surface area contributed by atoms with Gasteiger partial charge in [0, 0.05) is 21.4 Å². The van der Waals surface area contributed by atoms with Crippen molar-refractivity contribution in [3.8, 4) is 5.75 Å². The van der Waals surface area contributed by atoms with Crippen molar-refractivity contribution in [3.63, 3.8) is 0 Å². The molecule has 3 amide bonds. The van der Waals surface area contributed by atoms with Gasteiger partial charge in [-0.1, -0.05) is 33.6 Å². The highest BCUT2D eigenvalue weighted by Gasteiger charge is 2.39. The maximum Gasteiger partial charge on any atom is 0.283 e. The van der Waals surface area contributed by atoms with Crippen LogP contribution in [-0.4, -0.2) is 24.8 Å². The van der Waals surface area contributed by atoms with E-state index in [0.717, 1.165) is 20.5 Å². The van der Waals surface area contributed by atoms with E-state index in [1.807, 2.05) is 32.0 Å². The van der Waals surface area contributed by atoms with E-state index in [0.29, 0.717) is 28.4 Å². The summed E-state index contributed by atoms with van der Waals surface area (Å²) in [6.45, 7) is 3.72. The molecular formula is C26H21BrClN3O4. The van der Waals surface area contributed by atoms with E-state index in [2.05, 4.69) is 26.6 Å². The van der Waals surface area contributed by atoms with Gasteiger partial charge in [0.1, 0.15) is 16.5 Å². The Balaban J connectivity index is 1.57. The first-order valence-corrected chi connectivity index (χ1v) is 11.7. The van der Waals surface area contributed by atoms with Crippen molar-refractivity contribution in [2.75, 3.05) is 22.6 Å². The van der Waals surface area contributed by atoms with Gasteiger partial charge in [0.25, 0.3) is 17.7 Å². The van der Waals surface area contributed by atoms with E-state index in [1.54, 1.807) is 42.5 Å². The Labute approximate surface area is 215 Å². The van der Waals surface area contributed by atoms with E-state index in [1.165, 1.54) is 7.11 Å². The summed E-state index contributed by atoms with van der Waals surface area (Å²) in [7, 11) is 1.53. The lowest BCUT2D eigenvalue weighted by molar-refractivity contribution is -0.120. The van der Waals surface area contributed by atoms with E-state index in [9.17, 15) is 14.4 Å². The number of benzene rings is 3. The number of nitrogens with one attached hydrogen (secondary N) is 2. The summed E-state index contributed by atoms with van der Waals surface area (Å²) in [6.07, 6.45) is 0. The highest BCUT2D eigenvalue weighted by atomic mass is 79.9. The molecule has 2 N–H and O–H groups in total. The number of ether oxygens (including phenoxy) is 1. The van der Waals surface area contributed by atoms with Crippen molar-refractivity contribution in [1.29, 1.82) is 0 Å². The molecule has 3 aromatic carbocycles. The van der Waals surface area contributed by atoms with Gasteiger partial charge < -0.3 is 15.4 Å². The Bertz CT molecular complexity index is 1390. The molecule has 0 aromatic heterocycles. The average Bonchev–Trinajstić information content (AvgIpc) is 3.05. The van der Waals surface area contributed by atoms with Crippen LogP contribution in [0.15, 0.2) is 75.9 Å². The highest BCUT2D eigenvalue weighted by molar-refractivity contribution is 9.10. The Morgan fingerprint density at radius 2 is 1.63 bits per heavy atom. The number of imide groups is 1. The van der Waals surface area contributed by atoms with Gasteiger partial charge in [-0.05, 0) is 79.6 Å². The zero-order valence-electron chi connectivity index (χ0n) is 19.1. The Morgan fingerprint density at radius 3 is 2.29 bits per heavy atom. The Kier molecular flexibility index (Phi) is 6.95. The molecule has 0 atom stereocenters. The van der Waals surface area contributed by atoms with Crippen LogP contribution in [0.1, 0.15) is 21.5 Å². The van der Waals surface area contributed by atoms with Gasteiger partial charge in [0.15, 0.2) is 0 Å². The second-order valence-corrected chi connectivity index (χ2v) is 9.19. The summed E-state index contributed by atoms with van der Waals surface area (Å²) in [5, 5.41) is 5.62. The molecule has 0 aliphatic carbocycles. The van der Waals surface area contributed by atoms with Crippen molar-refractivity contribution >= 4 is 62.3 Å². The monoisotopic (exact) mass is 553 g/mol. The molecule has 0 unspecified atom stereocenters. The summed E-state index contributed by atoms with van der Waals surface area (Å²) in [5.41, 5.74) is 3.52. The molecule has 3 aromatic rings. The van der Waals surface area contributed by atoms with Crippen LogP contribution >= 0.6 is 27.5 Å². The van der Waals surface area contributed by atoms with Gasteiger partial charge in [-0.2, -0.15) is 0 Å². The highest BCUT2D eigenvalue weighted by Crippen LogP contribution is 2.32. The van der Waals surface area contributed by atoms with Crippen molar-refractivity contribution < 1.29 is 19.1 Å². The van der Waals surface area contributed by atoms with Gasteiger partial charge in [0.05, 0.1) is 12.8 Å². The minimum atomic E-state index is -0.637. The van der Waals surface area contributed by atoms with Crippen molar-refractivity contribution in [3.05, 3.63) is 92.6 Å². The fourth-order valence-corrected chi connectivity index (χ4v) is 4.26. The third-order valence-corrected chi connectivity index (χ3v) is 6.40. The number of hydrogen-bond donors (Lipinski definition) is 2. The lowest BCUT2D eigenvalue weighted by Gasteiger charge is -2.16. The first-order valence-electron chi connectivity index (χ1n) is 10.6. The maximum atomic E-state index is 13.1. The van der Waals surface area contributed by atoms with Gasteiger partial charge in [-0.3, -0.25) is 14.4 Å². The molecule has 0 saturated heterocycles. The number of amides is 3. The molecule has 0 fully saturated rings. The number of aryl methyl sites for hydroxylation is 2. The number of halogens is 2. The minimum absolute atomic E-state index is 0.0584. The van der Waals surface area contributed by atoms with E-state index in [4.69, 9.17) is 16.3 Å². The van der Waals surface area contributed by atoms with Crippen molar-refractivity contribution in [2.45, 2.75) is 13.8 Å². The summed E-state index contributed by atoms with van der Waals surface area (Å²) in [5.74, 6) is -0.951. The first kappa shape index (κ1) is 24.5. The quantitative estimate of drug-likeness (QED) is 0.378. The third kappa shape index (κ3) is 4.94. The maximum absolute atomic E-state index is 13.1. The van der Waals surface area contributed by atoms with Crippen LogP contribution in [0, 0.1) is 13.8 Å². The van der Waals surface area contributed by atoms with Crippen LogP contribution in [0.3, 0.4) is 0 Å². The molecular weight excluding hydrogens is 534 g/mol. The van der Waals surface area contributed by atoms with Crippen LogP contribution in [0.25, 0.3) is 0 Å². The van der Waals surface area contributed by atoms with Crippen molar-refractivity contribution in [2.24, 2.45) is 0 Å². The predicted molar refractivity (Wildman–Crippen MR) is 140 cm³/mol. The zero-order chi connectivity index (χ0) is 25.3. The first-order chi connectivity index (χ1) is 16.7. The third-order valence-electron chi connectivity index (χ3n) is 5.55. The number of nitrogens with zero attached hydrogens (tertiary/aromatic N) is 1. The standard InChI is InChI=1S/C26H21BrClN3O4/c1-14-4-5-16(24(32)30-20-11-6-17(27)12-15(20)2)13-21(14)29-23-22(28)25(33)31(26(23)34)18-7-9-19(35-3)10-8-18/h4-13,29H,1-3H3,(H,30,32). The molecule has 0 spiro atoms. The van der Waals surface area contributed by atoms with E-state index >= 15 is 0 Å². The largest absolute Gasteiger partial charge is 0.497 e. The summed E-state index contributed by atoms with van der Waals surface area (Å²) in [4.78, 5) is 39.8. The number of methoxy groups -OCH3 is 1. The lowest BCUT2D eigenvalue weighted by Crippen LogP contribution is -2.32. The molecule has 1 aliphatic heterocycles. The lowest BCUT2D eigenvalue weighted by atomic mass is 10.1. The van der Waals surface area contributed by atoms with Crippen LogP contribution in [-0.2, 0) is 9.59 Å². The molecule has 9 heteroatoms. The molecule has 178 valence electrons. The molecule has 1 heterocycles. The molecule has 4 rings (SSSR count). The SMILES string of the molecule is COc1ccc(N2C(=O)C(Cl)=C(Nc3cc(C(=O)Nc4ccc(Br)cc4C)ccc3C)C2=O)cc1. The second-order valence-electron chi connectivity index (χ2n) is 7.90. The molecule has 35 heavy (non-hydrogen) atoms. The normalized spacial score (nSPS) is 13.3. The Hall–Kier alpha value is -3.62. The predicted octanol–water partition coefficient (Wildman–Crippen LogP) is 5.76. The number of carbonyl (C=O) groups excluding carboxylic acids is 3. The number of anilines is 3. The van der Waals surface area contributed by atoms with Gasteiger partial charge in [0.2, 0.25) is 0 Å². The topological polar surface area (TPSA) is 87.7 Å². The van der Waals surface area contributed by atoms with Crippen molar-refractivity contribution in [1.82, 2.24) is 0 Å². The number of hydrogen-bond acceptors (Lipinski definition) is 5. The molecule has 7 nitrogen and oxygen atoms in total. The van der Waals surface area contributed by atoms with Gasteiger partial charge in [-0.25, -0.2) is 4.90 Å². The number of carbonyl (C=O) groups is 3. The summed E-state index contributed by atoms with van der Waals surface area (Å²) < 4.78 is 6.04. The fraction of sp³-hybridized carbons (Fsp3) is 0.115. The van der Waals surface area contributed by atoms with Crippen LogP contribution in [0.2, 0.25) is 0 Å². The smallest absolute Gasteiger partial charge is 0.283 e. The Morgan fingerprint density at radius 1 is 0.914 bits per heavy atom. The zero-order valence-corrected chi connectivity index (χ0v) is 21.5. The van der Waals surface area contributed by atoms with E-state index in [-0.39, 0.29) is 16.6 Å². The second kappa shape index (κ2) is 9.93. The van der Waals surface area contributed by atoms with Gasteiger partial charge in [-0.15, -0.1) is 0 Å². The van der Waals surface area contributed by atoms with Crippen LogP contribution < -0.4 is 20.3 Å². The molecule has 0 bridgehead atoms. The number of rotatable bonds is 6. The van der Waals surface area contributed by atoms with Crippen LogP contribution in [0.4, 0.5) is 17.1 Å². The fourth-order valence-electron chi connectivity index (χ4n) is 3.57. The van der Waals surface area contributed by atoms with Gasteiger partial charge >= 0.3 is 0 Å².